The minimum Gasteiger partial charge on any atom is -0.497 e. The first-order valence-corrected chi connectivity index (χ1v) is 6.91. The molecule has 1 unspecified atom stereocenters. The SMILES string of the molecule is COc1ccc(C(N)CN2CCCCC2=O)c(OC)c1. The molecule has 5 nitrogen and oxygen atoms in total. The van der Waals surface area contributed by atoms with Crippen LogP contribution in [-0.4, -0.2) is 38.1 Å². The van der Waals surface area contributed by atoms with Crippen LogP contribution in [0.15, 0.2) is 18.2 Å². The lowest BCUT2D eigenvalue weighted by molar-refractivity contribution is -0.133. The Morgan fingerprint density at radius 1 is 1.30 bits per heavy atom. The predicted molar refractivity (Wildman–Crippen MR) is 76.9 cm³/mol. The summed E-state index contributed by atoms with van der Waals surface area (Å²) in [7, 11) is 3.22. The second-order valence-electron chi connectivity index (χ2n) is 5.01. The van der Waals surface area contributed by atoms with E-state index in [4.69, 9.17) is 15.2 Å². The molecule has 110 valence electrons. The van der Waals surface area contributed by atoms with Gasteiger partial charge in [0.25, 0.3) is 0 Å². The molecule has 20 heavy (non-hydrogen) atoms. The van der Waals surface area contributed by atoms with Crippen molar-refractivity contribution >= 4 is 5.91 Å². The largest absolute Gasteiger partial charge is 0.497 e. The summed E-state index contributed by atoms with van der Waals surface area (Å²) in [4.78, 5) is 13.7. The summed E-state index contributed by atoms with van der Waals surface area (Å²) in [5.41, 5.74) is 7.14. The van der Waals surface area contributed by atoms with Gasteiger partial charge in [0, 0.05) is 31.1 Å². The highest BCUT2D eigenvalue weighted by atomic mass is 16.5. The molecule has 0 aromatic heterocycles. The number of ether oxygens (including phenoxy) is 2. The molecular formula is C15H22N2O3. The van der Waals surface area contributed by atoms with Gasteiger partial charge in [-0.25, -0.2) is 0 Å². The summed E-state index contributed by atoms with van der Waals surface area (Å²) in [5.74, 6) is 1.62. The van der Waals surface area contributed by atoms with Gasteiger partial charge < -0.3 is 20.1 Å². The molecule has 2 rings (SSSR count). The number of carbonyl (C=O) groups is 1. The van der Waals surface area contributed by atoms with Crippen LogP contribution in [0.5, 0.6) is 11.5 Å². The molecule has 1 heterocycles. The van der Waals surface area contributed by atoms with Crippen LogP contribution in [0.2, 0.25) is 0 Å². The molecule has 1 aromatic carbocycles. The Morgan fingerprint density at radius 3 is 2.75 bits per heavy atom. The summed E-state index contributed by atoms with van der Waals surface area (Å²) in [6.07, 6.45) is 2.67. The number of methoxy groups -OCH3 is 2. The van der Waals surface area contributed by atoms with Crippen LogP contribution in [0.25, 0.3) is 0 Å². The molecule has 1 atom stereocenters. The molecule has 1 aromatic rings. The third-order valence-corrected chi connectivity index (χ3v) is 3.68. The molecular weight excluding hydrogens is 256 g/mol. The van der Waals surface area contributed by atoms with Gasteiger partial charge in [-0.2, -0.15) is 0 Å². The molecule has 0 bridgehead atoms. The zero-order valence-electron chi connectivity index (χ0n) is 12.1. The van der Waals surface area contributed by atoms with Crippen molar-refractivity contribution in [3.05, 3.63) is 23.8 Å². The highest BCUT2D eigenvalue weighted by molar-refractivity contribution is 5.76. The number of nitrogens with two attached hydrogens (primary N) is 1. The Balaban J connectivity index is 2.11. The highest BCUT2D eigenvalue weighted by Crippen LogP contribution is 2.29. The quantitative estimate of drug-likeness (QED) is 0.890. The third-order valence-electron chi connectivity index (χ3n) is 3.68. The Kier molecular flexibility index (Phi) is 4.84. The summed E-state index contributed by atoms with van der Waals surface area (Å²) in [6.45, 7) is 1.33. The van der Waals surface area contributed by atoms with Crippen molar-refractivity contribution < 1.29 is 14.3 Å². The topological polar surface area (TPSA) is 64.8 Å². The molecule has 1 aliphatic rings. The molecule has 0 radical (unpaired) electrons. The number of hydrogen-bond donors (Lipinski definition) is 1. The van der Waals surface area contributed by atoms with Gasteiger partial charge in [-0.3, -0.25) is 4.79 Å². The number of nitrogens with zero attached hydrogens (tertiary/aromatic N) is 1. The van der Waals surface area contributed by atoms with E-state index < -0.39 is 0 Å². The minimum absolute atomic E-state index is 0.194. The number of piperidine rings is 1. The minimum atomic E-state index is -0.252. The maximum Gasteiger partial charge on any atom is 0.222 e. The third kappa shape index (κ3) is 3.22. The van der Waals surface area contributed by atoms with Crippen molar-refractivity contribution in [2.45, 2.75) is 25.3 Å². The Morgan fingerprint density at radius 2 is 2.10 bits per heavy atom. The smallest absolute Gasteiger partial charge is 0.222 e. The lowest BCUT2D eigenvalue weighted by Gasteiger charge is -2.29. The van der Waals surface area contributed by atoms with Gasteiger partial charge in [0.2, 0.25) is 5.91 Å². The van der Waals surface area contributed by atoms with Crippen molar-refractivity contribution in [2.75, 3.05) is 27.3 Å². The number of hydrogen-bond acceptors (Lipinski definition) is 4. The van der Waals surface area contributed by atoms with Crippen molar-refractivity contribution in [1.82, 2.24) is 4.90 Å². The summed E-state index contributed by atoms with van der Waals surface area (Å²) in [5, 5.41) is 0. The van der Waals surface area contributed by atoms with Crippen molar-refractivity contribution in [3.8, 4) is 11.5 Å². The van der Waals surface area contributed by atoms with E-state index in [2.05, 4.69) is 0 Å². The van der Waals surface area contributed by atoms with Gasteiger partial charge in [0.1, 0.15) is 11.5 Å². The van der Waals surface area contributed by atoms with E-state index in [1.165, 1.54) is 0 Å². The molecule has 1 saturated heterocycles. The van der Waals surface area contributed by atoms with E-state index in [0.717, 1.165) is 30.7 Å². The number of carbonyl (C=O) groups excluding carboxylic acids is 1. The highest BCUT2D eigenvalue weighted by Gasteiger charge is 2.22. The maximum atomic E-state index is 11.8. The Hall–Kier alpha value is -1.75. The fraction of sp³-hybridized carbons (Fsp3) is 0.533. The van der Waals surface area contributed by atoms with Gasteiger partial charge in [-0.1, -0.05) is 6.07 Å². The lowest BCUT2D eigenvalue weighted by atomic mass is 10.0. The lowest BCUT2D eigenvalue weighted by Crippen LogP contribution is -2.40. The van der Waals surface area contributed by atoms with Crippen LogP contribution in [0.4, 0.5) is 0 Å². The van der Waals surface area contributed by atoms with Gasteiger partial charge in [-0.05, 0) is 18.9 Å². The van der Waals surface area contributed by atoms with Crippen LogP contribution in [-0.2, 0) is 4.79 Å². The first kappa shape index (κ1) is 14.7. The summed E-state index contributed by atoms with van der Waals surface area (Å²) in [6, 6.07) is 5.32. The van der Waals surface area contributed by atoms with E-state index in [-0.39, 0.29) is 11.9 Å². The first-order chi connectivity index (χ1) is 9.65. The summed E-state index contributed by atoms with van der Waals surface area (Å²) >= 11 is 0. The predicted octanol–water partition coefficient (Wildman–Crippen LogP) is 1.72. The Bertz CT molecular complexity index is 476. The number of likely N-dealkylation sites (tertiary alicyclic amines) is 1. The standard InChI is InChI=1S/C15H22N2O3/c1-19-11-6-7-12(14(9-11)20-2)13(16)10-17-8-4-3-5-15(17)18/h6-7,9,13H,3-5,8,10,16H2,1-2H3. The van der Waals surface area contributed by atoms with Gasteiger partial charge in [0.15, 0.2) is 0 Å². The fourth-order valence-electron chi connectivity index (χ4n) is 2.52. The van der Waals surface area contributed by atoms with E-state index >= 15 is 0 Å². The molecule has 5 heteroatoms. The zero-order chi connectivity index (χ0) is 14.5. The normalized spacial score (nSPS) is 16.9. The Labute approximate surface area is 119 Å². The molecule has 1 fully saturated rings. The maximum absolute atomic E-state index is 11.8. The molecule has 1 amide bonds. The van der Waals surface area contributed by atoms with E-state index in [1.54, 1.807) is 14.2 Å². The second-order valence-corrected chi connectivity index (χ2v) is 5.01. The first-order valence-electron chi connectivity index (χ1n) is 6.91. The van der Waals surface area contributed by atoms with Crippen LogP contribution in [0.1, 0.15) is 30.9 Å². The molecule has 0 saturated carbocycles. The van der Waals surface area contributed by atoms with Gasteiger partial charge >= 0.3 is 0 Å². The van der Waals surface area contributed by atoms with Crippen molar-refractivity contribution in [1.29, 1.82) is 0 Å². The van der Waals surface area contributed by atoms with Gasteiger partial charge in [0.05, 0.1) is 20.3 Å². The number of rotatable bonds is 5. The van der Waals surface area contributed by atoms with Crippen LogP contribution in [0.3, 0.4) is 0 Å². The van der Waals surface area contributed by atoms with Crippen molar-refractivity contribution in [3.63, 3.8) is 0 Å². The van der Waals surface area contributed by atoms with Crippen molar-refractivity contribution in [2.24, 2.45) is 5.73 Å². The molecule has 2 N–H and O–H groups in total. The number of benzene rings is 1. The average molecular weight is 278 g/mol. The van der Waals surface area contributed by atoms with Crippen LogP contribution in [0, 0.1) is 0 Å². The van der Waals surface area contributed by atoms with Crippen LogP contribution < -0.4 is 15.2 Å². The van der Waals surface area contributed by atoms with E-state index in [1.807, 2.05) is 23.1 Å². The zero-order valence-corrected chi connectivity index (χ0v) is 12.1. The monoisotopic (exact) mass is 278 g/mol. The second kappa shape index (κ2) is 6.61. The van der Waals surface area contributed by atoms with E-state index in [0.29, 0.717) is 18.7 Å². The molecule has 1 aliphatic heterocycles. The molecule has 0 spiro atoms. The molecule has 0 aliphatic carbocycles. The van der Waals surface area contributed by atoms with E-state index in [9.17, 15) is 4.79 Å². The number of amides is 1. The summed E-state index contributed by atoms with van der Waals surface area (Å²) < 4.78 is 10.5. The fourth-order valence-corrected chi connectivity index (χ4v) is 2.52. The average Bonchev–Trinajstić information content (AvgIpc) is 2.48. The van der Waals surface area contributed by atoms with Gasteiger partial charge in [-0.15, -0.1) is 0 Å². The van der Waals surface area contributed by atoms with Crippen LogP contribution >= 0.6 is 0 Å².